The third-order valence-corrected chi connectivity index (χ3v) is 3.28. The molecule has 0 saturated carbocycles. The van der Waals surface area contributed by atoms with Gasteiger partial charge in [0.1, 0.15) is 6.67 Å². The van der Waals surface area contributed by atoms with E-state index >= 15 is 0 Å². The van der Waals surface area contributed by atoms with E-state index in [2.05, 4.69) is 65.3 Å². The van der Waals surface area contributed by atoms with Gasteiger partial charge < -0.3 is 4.90 Å². The van der Waals surface area contributed by atoms with Crippen LogP contribution in [0.4, 0.5) is 5.69 Å². The smallest absolute Gasteiger partial charge is 0.111 e. The van der Waals surface area contributed by atoms with Crippen LogP contribution in [0, 0.1) is 6.92 Å². The lowest BCUT2D eigenvalue weighted by Gasteiger charge is -2.17. The van der Waals surface area contributed by atoms with E-state index < -0.39 is 0 Å². The summed E-state index contributed by atoms with van der Waals surface area (Å²) in [5, 5.41) is 0. The Hall–Kier alpha value is -2.09. The van der Waals surface area contributed by atoms with Crippen LogP contribution in [0.2, 0.25) is 0 Å². The average Bonchev–Trinajstić information content (AvgIpc) is 2.90. The summed E-state index contributed by atoms with van der Waals surface area (Å²) in [5.74, 6) is 0. The van der Waals surface area contributed by atoms with Crippen molar-refractivity contribution in [1.29, 1.82) is 0 Å². The molecule has 0 N–H and O–H groups in total. The molecular weight excluding hydrogens is 220 g/mol. The maximum absolute atomic E-state index is 4.63. The second-order valence-corrected chi connectivity index (χ2v) is 4.65. The Morgan fingerprint density at radius 3 is 2.39 bits per heavy atom. The monoisotopic (exact) mass is 236 g/mol. The predicted octanol–water partition coefficient (Wildman–Crippen LogP) is 3.26. The zero-order valence-corrected chi connectivity index (χ0v) is 10.5. The summed E-state index contributed by atoms with van der Waals surface area (Å²) in [6, 6.07) is 19.0. The van der Waals surface area contributed by atoms with Crippen LogP contribution >= 0.6 is 0 Å². The van der Waals surface area contributed by atoms with E-state index in [9.17, 15) is 0 Å². The molecule has 1 aliphatic rings. The van der Waals surface area contributed by atoms with Crippen LogP contribution in [0.15, 0.2) is 59.6 Å². The molecule has 0 aromatic heterocycles. The van der Waals surface area contributed by atoms with Crippen molar-refractivity contribution in [2.24, 2.45) is 4.99 Å². The van der Waals surface area contributed by atoms with Crippen LogP contribution in [-0.4, -0.2) is 18.9 Å². The highest BCUT2D eigenvalue weighted by atomic mass is 15.2. The van der Waals surface area contributed by atoms with Crippen LogP contribution in [0.5, 0.6) is 0 Å². The van der Waals surface area contributed by atoms with Crippen molar-refractivity contribution < 1.29 is 0 Å². The number of aryl methyl sites for hydroxylation is 1. The molecule has 0 bridgehead atoms. The summed E-state index contributed by atoms with van der Waals surface area (Å²) in [6.45, 7) is 3.76. The summed E-state index contributed by atoms with van der Waals surface area (Å²) in [7, 11) is 0. The Bertz CT molecular complexity index is 555. The average molecular weight is 236 g/mol. The molecule has 0 spiro atoms. The molecule has 0 saturated heterocycles. The van der Waals surface area contributed by atoms with E-state index in [1.54, 1.807) is 0 Å². The molecule has 90 valence electrons. The van der Waals surface area contributed by atoms with Gasteiger partial charge in [-0.3, -0.25) is 4.99 Å². The van der Waals surface area contributed by atoms with E-state index in [1.165, 1.54) is 22.5 Å². The van der Waals surface area contributed by atoms with E-state index in [0.29, 0.717) is 0 Å². The summed E-state index contributed by atoms with van der Waals surface area (Å²) in [4.78, 5) is 6.92. The van der Waals surface area contributed by atoms with Crippen LogP contribution in [0.25, 0.3) is 0 Å². The minimum atomic E-state index is 0.757. The van der Waals surface area contributed by atoms with Crippen molar-refractivity contribution in [2.75, 3.05) is 18.1 Å². The SMILES string of the molecule is Cc1ccc(N2CN=C(c3ccccc3)C2)cc1. The Balaban J connectivity index is 1.76. The van der Waals surface area contributed by atoms with E-state index in [-0.39, 0.29) is 0 Å². The zero-order chi connectivity index (χ0) is 12.4. The molecule has 2 aromatic rings. The molecule has 2 nitrogen and oxygen atoms in total. The van der Waals surface area contributed by atoms with Gasteiger partial charge in [0.05, 0.1) is 12.3 Å². The van der Waals surface area contributed by atoms with Gasteiger partial charge in [0.15, 0.2) is 0 Å². The first-order valence-corrected chi connectivity index (χ1v) is 6.23. The second kappa shape index (κ2) is 4.65. The van der Waals surface area contributed by atoms with Gasteiger partial charge >= 0.3 is 0 Å². The van der Waals surface area contributed by atoms with Crippen molar-refractivity contribution in [1.82, 2.24) is 0 Å². The molecule has 0 amide bonds. The predicted molar refractivity (Wildman–Crippen MR) is 76.4 cm³/mol. The summed E-state index contributed by atoms with van der Waals surface area (Å²) < 4.78 is 0. The Morgan fingerprint density at radius 1 is 0.944 bits per heavy atom. The molecule has 0 atom stereocenters. The van der Waals surface area contributed by atoms with Gasteiger partial charge in [-0.05, 0) is 24.6 Å². The highest BCUT2D eigenvalue weighted by molar-refractivity contribution is 6.05. The molecule has 1 aliphatic heterocycles. The van der Waals surface area contributed by atoms with Gasteiger partial charge in [-0.15, -0.1) is 0 Å². The standard InChI is InChI=1S/C16H16N2/c1-13-7-9-15(10-8-13)18-11-16(17-12-18)14-5-3-2-4-6-14/h2-10H,11-12H2,1H3. The van der Waals surface area contributed by atoms with Crippen molar-refractivity contribution in [3.8, 4) is 0 Å². The fraction of sp³-hybridized carbons (Fsp3) is 0.188. The van der Waals surface area contributed by atoms with Gasteiger partial charge in [-0.1, -0.05) is 48.0 Å². The molecule has 1 heterocycles. The number of hydrogen-bond acceptors (Lipinski definition) is 2. The Morgan fingerprint density at radius 2 is 1.67 bits per heavy atom. The lowest BCUT2D eigenvalue weighted by atomic mass is 10.1. The number of hydrogen-bond donors (Lipinski definition) is 0. The van der Waals surface area contributed by atoms with Crippen molar-refractivity contribution in [3.05, 3.63) is 65.7 Å². The zero-order valence-electron chi connectivity index (χ0n) is 10.5. The number of anilines is 1. The molecule has 0 aliphatic carbocycles. The lowest BCUT2D eigenvalue weighted by molar-refractivity contribution is 0.955. The van der Waals surface area contributed by atoms with Gasteiger partial charge in [-0.2, -0.15) is 0 Å². The van der Waals surface area contributed by atoms with Crippen molar-refractivity contribution in [2.45, 2.75) is 6.92 Å². The summed E-state index contributed by atoms with van der Waals surface area (Å²) in [6.07, 6.45) is 0. The second-order valence-electron chi connectivity index (χ2n) is 4.65. The highest BCUT2D eigenvalue weighted by Crippen LogP contribution is 2.19. The van der Waals surface area contributed by atoms with Crippen molar-refractivity contribution >= 4 is 11.4 Å². The minimum Gasteiger partial charge on any atom is -0.346 e. The first kappa shape index (κ1) is 11.0. The van der Waals surface area contributed by atoms with Gasteiger partial charge in [-0.25, -0.2) is 0 Å². The number of rotatable bonds is 2. The molecule has 2 heteroatoms. The van der Waals surface area contributed by atoms with Crippen LogP contribution in [0.3, 0.4) is 0 Å². The van der Waals surface area contributed by atoms with Crippen LogP contribution < -0.4 is 4.90 Å². The van der Waals surface area contributed by atoms with Gasteiger partial charge in [0, 0.05) is 5.69 Å². The Kier molecular flexibility index (Phi) is 2.85. The largest absolute Gasteiger partial charge is 0.346 e. The number of benzene rings is 2. The quantitative estimate of drug-likeness (QED) is 0.781. The molecular formula is C16H16N2. The third-order valence-electron chi connectivity index (χ3n) is 3.28. The summed E-state index contributed by atoms with van der Waals surface area (Å²) in [5.41, 5.74) is 4.95. The van der Waals surface area contributed by atoms with E-state index in [1.807, 2.05) is 6.07 Å². The van der Waals surface area contributed by atoms with Crippen molar-refractivity contribution in [3.63, 3.8) is 0 Å². The number of aliphatic imine (C=N–C) groups is 1. The van der Waals surface area contributed by atoms with Crippen LogP contribution in [-0.2, 0) is 0 Å². The van der Waals surface area contributed by atoms with Gasteiger partial charge in [0.2, 0.25) is 0 Å². The molecule has 2 aromatic carbocycles. The molecule has 0 radical (unpaired) electrons. The fourth-order valence-electron chi connectivity index (χ4n) is 2.19. The maximum Gasteiger partial charge on any atom is 0.111 e. The van der Waals surface area contributed by atoms with Gasteiger partial charge in [0.25, 0.3) is 0 Å². The van der Waals surface area contributed by atoms with Crippen LogP contribution in [0.1, 0.15) is 11.1 Å². The molecule has 0 fully saturated rings. The normalized spacial score (nSPS) is 14.7. The van der Waals surface area contributed by atoms with E-state index in [0.717, 1.165) is 13.2 Å². The summed E-state index contributed by atoms with van der Waals surface area (Å²) >= 11 is 0. The first-order valence-electron chi connectivity index (χ1n) is 6.23. The molecule has 18 heavy (non-hydrogen) atoms. The van der Waals surface area contributed by atoms with E-state index in [4.69, 9.17) is 0 Å². The third kappa shape index (κ3) is 2.14. The molecule has 0 unspecified atom stereocenters. The Labute approximate surface area is 108 Å². The minimum absolute atomic E-state index is 0.757. The molecule has 3 rings (SSSR count). The first-order chi connectivity index (χ1) is 8.83. The number of nitrogens with zero attached hydrogens (tertiary/aromatic N) is 2. The topological polar surface area (TPSA) is 15.6 Å². The lowest BCUT2D eigenvalue weighted by Crippen LogP contribution is -2.22. The fourth-order valence-corrected chi connectivity index (χ4v) is 2.19. The maximum atomic E-state index is 4.63. The highest BCUT2D eigenvalue weighted by Gasteiger charge is 2.16.